The highest BCUT2D eigenvalue weighted by atomic mass is 15.2. The molecular weight excluding hydrogens is 348 g/mol. The molecule has 6 heteroatoms. The second-order valence-electron chi connectivity index (χ2n) is 7.67. The molecule has 0 amide bonds. The molecule has 1 fully saturated rings. The maximum atomic E-state index is 5.61. The summed E-state index contributed by atoms with van der Waals surface area (Å²) < 4.78 is 2.33. The minimum atomic E-state index is 0.593. The number of hydrogen-bond donors (Lipinski definition) is 2. The summed E-state index contributed by atoms with van der Waals surface area (Å²) in [5.74, 6) is 1.12. The Morgan fingerprint density at radius 1 is 1.04 bits per heavy atom. The van der Waals surface area contributed by atoms with Gasteiger partial charge in [0.1, 0.15) is 5.82 Å². The number of rotatable bonds is 7. The molecule has 0 aliphatic carbocycles. The second-order valence-corrected chi connectivity index (χ2v) is 7.67. The molecular formula is C22H30N6. The average molecular weight is 379 g/mol. The predicted molar refractivity (Wildman–Crippen MR) is 113 cm³/mol. The van der Waals surface area contributed by atoms with Crippen LogP contribution in [-0.4, -0.2) is 51.7 Å². The first kappa shape index (κ1) is 19.1. The number of hydrogen-bond acceptors (Lipinski definition) is 5. The molecule has 6 nitrogen and oxygen atoms in total. The quantitative estimate of drug-likeness (QED) is 0.660. The van der Waals surface area contributed by atoms with Gasteiger partial charge in [-0.3, -0.25) is 9.88 Å². The Kier molecular flexibility index (Phi) is 6.00. The molecule has 0 spiro atoms. The van der Waals surface area contributed by atoms with Gasteiger partial charge in [-0.05, 0) is 44.0 Å². The molecule has 0 saturated carbocycles. The SMILES string of the molecule is Cc1cccc(Cn2c(CN3CCC(NCCN)CC3)nc3ccccc32)n1. The molecule has 1 aromatic carbocycles. The van der Waals surface area contributed by atoms with Gasteiger partial charge in [-0.15, -0.1) is 0 Å². The Morgan fingerprint density at radius 3 is 2.64 bits per heavy atom. The summed E-state index contributed by atoms with van der Waals surface area (Å²) in [6, 6.07) is 15.2. The van der Waals surface area contributed by atoms with E-state index in [9.17, 15) is 0 Å². The molecule has 148 valence electrons. The standard InChI is InChI=1S/C22H30N6/c1-17-5-4-6-19(25-17)15-28-21-8-3-2-7-20(21)26-22(28)16-27-13-9-18(10-14-27)24-12-11-23/h2-8,18,24H,9-16,23H2,1H3. The van der Waals surface area contributed by atoms with Crippen molar-refractivity contribution < 1.29 is 0 Å². The average Bonchev–Trinajstić information content (AvgIpc) is 3.05. The molecule has 0 radical (unpaired) electrons. The van der Waals surface area contributed by atoms with Crippen molar-refractivity contribution in [3.63, 3.8) is 0 Å². The van der Waals surface area contributed by atoms with Crippen LogP contribution in [0, 0.1) is 6.92 Å². The van der Waals surface area contributed by atoms with Crippen molar-refractivity contribution in [1.82, 2.24) is 24.8 Å². The number of fused-ring (bicyclic) bond motifs is 1. The minimum absolute atomic E-state index is 0.593. The van der Waals surface area contributed by atoms with Gasteiger partial charge >= 0.3 is 0 Å². The van der Waals surface area contributed by atoms with E-state index in [2.05, 4.69) is 51.2 Å². The molecule has 28 heavy (non-hydrogen) atoms. The van der Waals surface area contributed by atoms with Crippen molar-refractivity contribution >= 4 is 11.0 Å². The first-order valence-corrected chi connectivity index (χ1v) is 10.3. The first-order valence-electron chi connectivity index (χ1n) is 10.3. The van der Waals surface area contributed by atoms with Crippen LogP contribution in [0.4, 0.5) is 0 Å². The summed E-state index contributed by atoms with van der Waals surface area (Å²) in [5, 5.41) is 3.55. The number of likely N-dealkylation sites (tertiary alicyclic amines) is 1. The Labute approximate surface area is 166 Å². The zero-order chi connectivity index (χ0) is 19.3. The van der Waals surface area contributed by atoms with Crippen LogP contribution in [0.3, 0.4) is 0 Å². The van der Waals surface area contributed by atoms with E-state index in [0.29, 0.717) is 12.6 Å². The van der Waals surface area contributed by atoms with Crippen molar-refractivity contribution in [3.8, 4) is 0 Å². The van der Waals surface area contributed by atoms with E-state index in [1.807, 2.05) is 13.0 Å². The van der Waals surface area contributed by atoms with Gasteiger partial charge in [0.15, 0.2) is 0 Å². The number of pyridine rings is 1. The normalized spacial score (nSPS) is 16.1. The van der Waals surface area contributed by atoms with E-state index in [1.54, 1.807) is 0 Å². The van der Waals surface area contributed by atoms with E-state index >= 15 is 0 Å². The topological polar surface area (TPSA) is 72.0 Å². The monoisotopic (exact) mass is 378 g/mol. The van der Waals surface area contributed by atoms with Crippen molar-refractivity contribution in [2.75, 3.05) is 26.2 Å². The largest absolute Gasteiger partial charge is 0.329 e. The number of para-hydroxylation sites is 2. The van der Waals surface area contributed by atoms with Crippen LogP contribution in [0.1, 0.15) is 30.1 Å². The number of benzene rings is 1. The van der Waals surface area contributed by atoms with E-state index < -0.39 is 0 Å². The van der Waals surface area contributed by atoms with Crippen molar-refractivity contribution in [2.24, 2.45) is 5.73 Å². The van der Waals surface area contributed by atoms with E-state index in [1.165, 1.54) is 18.4 Å². The molecule has 3 N–H and O–H groups in total. The zero-order valence-corrected chi connectivity index (χ0v) is 16.6. The zero-order valence-electron chi connectivity index (χ0n) is 16.6. The summed E-state index contributed by atoms with van der Waals surface area (Å²) >= 11 is 0. The molecule has 2 aromatic heterocycles. The van der Waals surface area contributed by atoms with Crippen LogP contribution in [0.5, 0.6) is 0 Å². The lowest BCUT2D eigenvalue weighted by Crippen LogP contribution is -2.43. The van der Waals surface area contributed by atoms with Gasteiger partial charge < -0.3 is 15.6 Å². The highest BCUT2D eigenvalue weighted by Gasteiger charge is 2.21. The fraction of sp³-hybridized carbons (Fsp3) is 0.455. The molecule has 4 rings (SSSR count). The molecule has 3 aromatic rings. The number of nitrogens with one attached hydrogen (secondary N) is 1. The number of aryl methyl sites for hydroxylation is 1. The molecule has 1 saturated heterocycles. The molecule has 3 heterocycles. The fourth-order valence-corrected chi connectivity index (χ4v) is 4.05. The van der Waals surface area contributed by atoms with Crippen molar-refractivity contribution in [3.05, 3.63) is 59.7 Å². The number of nitrogens with two attached hydrogens (primary N) is 1. The van der Waals surface area contributed by atoms with E-state index in [4.69, 9.17) is 15.7 Å². The summed E-state index contributed by atoms with van der Waals surface area (Å²) in [6.45, 7) is 7.47. The Balaban J connectivity index is 1.52. The summed E-state index contributed by atoms with van der Waals surface area (Å²) in [5.41, 5.74) is 9.98. The second kappa shape index (κ2) is 8.82. The van der Waals surface area contributed by atoms with Crippen LogP contribution < -0.4 is 11.1 Å². The fourth-order valence-electron chi connectivity index (χ4n) is 4.05. The smallest absolute Gasteiger partial charge is 0.124 e. The molecule has 1 aliphatic rings. The number of nitrogens with zero attached hydrogens (tertiary/aromatic N) is 4. The van der Waals surface area contributed by atoms with Crippen molar-refractivity contribution in [1.29, 1.82) is 0 Å². The third-order valence-electron chi connectivity index (χ3n) is 5.53. The highest BCUT2D eigenvalue weighted by molar-refractivity contribution is 5.76. The van der Waals surface area contributed by atoms with Crippen LogP contribution in [0.2, 0.25) is 0 Å². The lowest BCUT2D eigenvalue weighted by molar-refractivity contribution is 0.186. The number of imidazole rings is 1. The van der Waals surface area contributed by atoms with Crippen LogP contribution in [0.25, 0.3) is 11.0 Å². The number of aromatic nitrogens is 3. The van der Waals surface area contributed by atoms with Crippen LogP contribution in [-0.2, 0) is 13.1 Å². The molecule has 0 bridgehead atoms. The summed E-state index contributed by atoms with van der Waals surface area (Å²) in [7, 11) is 0. The van der Waals surface area contributed by atoms with Gasteiger partial charge in [0, 0.05) is 37.9 Å². The summed E-state index contributed by atoms with van der Waals surface area (Å²) in [6.07, 6.45) is 2.33. The van der Waals surface area contributed by atoms with Crippen LogP contribution >= 0.6 is 0 Å². The molecule has 0 atom stereocenters. The molecule has 1 aliphatic heterocycles. The highest BCUT2D eigenvalue weighted by Crippen LogP contribution is 2.20. The van der Waals surface area contributed by atoms with Gasteiger partial charge in [-0.2, -0.15) is 0 Å². The minimum Gasteiger partial charge on any atom is -0.329 e. The maximum Gasteiger partial charge on any atom is 0.124 e. The lowest BCUT2D eigenvalue weighted by atomic mass is 10.1. The molecule has 0 unspecified atom stereocenters. The van der Waals surface area contributed by atoms with E-state index in [0.717, 1.165) is 55.5 Å². The third-order valence-corrected chi connectivity index (χ3v) is 5.53. The van der Waals surface area contributed by atoms with Gasteiger partial charge in [0.25, 0.3) is 0 Å². The van der Waals surface area contributed by atoms with Gasteiger partial charge in [-0.1, -0.05) is 18.2 Å². The van der Waals surface area contributed by atoms with Crippen molar-refractivity contribution in [2.45, 2.75) is 38.9 Å². The Bertz CT molecular complexity index is 910. The third kappa shape index (κ3) is 4.41. The van der Waals surface area contributed by atoms with E-state index in [-0.39, 0.29) is 0 Å². The summed E-state index contributed by atoms with van der Waals surface area (Å²) in [4.78, 5) is 12.2. The lowest BCUT2D eigenvalue weighted by Gasteiger charge is -2.32. The Hall–Kier alpha value is -2.28. The Morgan fingerprint density at radius 2 is 1.86 bits per heavy atom. The van der Waals surface area contributed by atoms with Gasteiger partial charge in [0.05, 0.1) is 29.8 Å². The van der Waals surface area contributed by atoms with Gasteiger partial charge in [0.2, 0.25) is 0 Å². The van der Waals surface area contributed by atoms with Crippen LogP contribution in [0.15, 0.2) is 42.5 Å². The number of piperidine rings is 1. The maximum absolute atomic E-state index is 5.61. The first-order chi connectivity index (χ1) is 13.7. The predicted octanol–water partition coefficient (Wildman–Crippen LogP) is 2.30. The van der Waals surface area contributed by atoms with Gasteiger partial charge in [-0.25, -0.2) is 4.98 Å².